The van der Waals surface area contributed by atoms with Gasteiger partial charge in [0.2, 0.25) is 5.91 Å². The fourth-order valence-corrected chi connectivity index (χ4v) is 2.12. The number of fused-ring (bicyclic) bond motifs is 1. The van der Waals surface area contributed by atoms with Gasteiger partial charge in [-0.05, 0) is 12.1 Å². The molecule has 0 aliphatic carbocycles. The number of halogens is 1. The Bertz CT molecular complexity index is 617. The van der Waals surface area contributed by atoms with E-state index in [2.05, 4.69) is 15.3 Å². The second kappa shape index (κ2) is 4.27. The monoisotopic (exact) mass is 260 g/mol. The molecule has 1 amide bonds. The SMILES string of the molecule is O=C1CN(c2nccnc2Cl)c2ccccc2N1. The molecule has 0 fully saturated rings. The van der Waals surface area contributed by atoms with Gasteiger partial charge in [-0.3, -0.25) is 4.79 Å². The maximum atomic E-state index is 11.7. The number of hydrogen-bond acceptors (Lipinski definition) is 4. The van der Waals surface area contributed by atoms with Crippen LogP contribution in [-0.4, -0.2) is 22.4 Å². The van der Waals surface area contributed by atoms with Crippen LogP contribution < -0.4 is 10.2 Å². The molecule has 1 aromatic heterocycles. The fraction of sp³-hybridized carbons (Fsp3) is 0.0833. The third-order valence-corrected chi connectivity index (χ3v) is 2.93. The van der Waals surface area contributed by atoms with E-state index < -0.39 is 0 Å². The number of benzene rings is 1. The van der Waals surface area contributed by atoms with Gasteiger partial charge < -0.3 is 10.2 Å². The first-order chi connectivity index (χ1) is 8.75. The highest BCUT2D eigenvalue weighted by molar-refractivity contribution is 6.32. The van der Waals surface area contributed by atoms with Crippen molar-refractivity contribution in [2.24, 2.45) is 0 Å². The van der Waals surface area contributed by atoms with E-state index >= 15 is 0 Å². The standard InChI is InChI=1S/C12H9ClN4O/c13-11-12(15-6-5-14-11)17-7-10(18)16-8-3-1-2-4-9(8)17/h1-6H,7H2,(H,16,18). The Kier molecular flexibility index (Phi) is 2.60. The van der Waals surface area contributed by atoms with E-state index in [0.717, 1.165) is 11.4 Å². The molecule has 1 aliphatic heterocycles. The molecule has 3 rings (SSSR count). The summed E-state index contributed by atoms with van der Waals surface area (Å²) >= 11 is 6.02. The minimum atomic E-state index is -0.101. The van der Waals surface area contributed by atoms with Crippen LogP contribution in [0.15, 0.2) is 36.7 Å². The number of hydrogen-bond donors (Lipinski definition) is 1. The van der Waals surface area contributed by atoms with Gasteiger partial charge in [-0.15, -0.1) is 0 Å². The summed E-state index contributed by atoms with van der Waals surface area (Å²) in [6.45, 7) is 0.176. The Morgan fingerprint density at radius 1 is 1.22 bits per heavy atom. The Balaban J connectivity index is 2.13. The van der Waals surface area contributed by atoms with Crippen molar-refractivity contribution in [1.29, 1.82) is 0 Å². The third kappa shape index (κ3) is 1.78. The first-order valence-corrected chi connectivity index (χ1v) is 5.76. The van der Waals surface area contributed by atoms with E-state index in [1.807, 2.05) is 24.3 Å². The number of amides is 1. The largest absolute Gasteiger partial charge is 0.323 e. The lowest BCUT2D eigenvalue weighted by Gasteiger charge is -2.29. The van der Waals surface area contributed by atoms with Crippen LogP contribution in [0.4, 0.5) is 17.2 Å². The smallest absolute Gasteiger partial charge is 0.244 e. The zero-order valence-corrected chi connectivity index (χ0v) is 10.1. The van der Waals surface area contributed by atoms with E-state index in [-0.39, 0.29) is 17.6 Å². The van der Waals surface area contributed by atoms with Crippen molar-refractivity contribution in [3.8, 4) is 0 Å². The summed E-state index contributed by atoms with van der Waals surface area (Å²) in [5.74, 6) is 0.386. The molecule has 0 unspecified atom stereocenters. The molecule has 2 heterocycles. The van der Waals surface area contributed by atoms with Crippen LogP contribution in [0.3, 0.4) is 0 Å². The highest BCUT2D eigenvalue weighted by Gasteiger charge is 2.25. The molecular weight excluding hydrogens is 252 g/mol. The maximum absolute atomic E-state index is 11.7. The minimum Gasteiger partial charge on any atom is -0.323 e. The van der Waals surface area contributed by atoms with Gasteiger partial charge in [0.05, 0.1) is 11.4 Å². The van der Waals surface area contributed by atoms with Gasteiger partial charge in [-0.1, -0.05) is 23.7 Å². The molecule has 6 heteroatoms. The van der Waals surface area contributed by atoms with E-state index in [9.17, 15) is 4.79 Å². The number of nitrogens with one attached hydrogen (secondary N) is 1. The molecule has 0 bridgehead atoms. The molecule has 2 aromatic rings. The predicted molar refractivity (Wildman–Crippen MR) is 69.1 cm³/mol. The third-order valence-electron chi connectivity index (χ3n) is 2.66. The summed E-state index contributed by atoms with van der Waals surface area (Å²) in [5, 5.41) is 3.09. The van der Waals surface area contributed by atoms with Crippen molar-refractivity contribution in [2.75, 3.05) is 16.8 Å². The second-order valence-corrected chi connectivity index (χ2v) is 4.18. The van der Waals surface area contributed by atoms with Crippen LogP contribution >= 0.6 is 11.6 Å². The van der Waals surface area contributed by atoms with E-state index in [1.54, 1.807) is 11.1 Å². The number of rotatable bonds is 1. The molecule has 0 saturated carbocycles. The van der Waals surface area contributed by atoms with Gasteiger partial charge in [0.1, 0.15) is 6.54 Å². The zero-order valence-electron chi connectivity index (χ0n) is 9.30. The molecule has 0 atom stereocenters. The summed E-state index contributed by atoms with van der Waals surface area (Å²) in [6, 6.07) is 7.50. The number of aromatic nitrogens is 2. The highest BCUT2D eigenvalue weighted by atomic mass is 35.5. The number of anilines is 3. The van der Waals surface area contributed by atoms with Crippen LogP contribution in [0.5, 0.6) is 0 Å². The summed E-state index contributed by atoms with van der Waals surface area (Å²) in [4.78, 5) is 21.6. The summed E-state index contributed by atoms with van der Waals surface area (Å²) in [6.07, 6.45) is 3.07. The van der Waals surface area contributed by atoms with Crippen LogP contribution in [-0.2, 0) is 4.79 Å². The lowest BCUT2D eigenvalue weighted by Crippen LogP contribution is -2.35. The average molecular weight is 261 g/mol. The van der Waals surface area contributed by atoms with Crippen molar-refractivity contribution in [3.05, 3.63) is 41.8 Å². The first-order valence-electron chi connectivity index (χ1n) is 5.38. The Morgan fingerprint density at radius 2 is 2.00 bits per heavy atom. The molecule has 0 saturated heterocycles. The molecule has 1 aliphatic rings. The van der Waals surface area contributed by atoms with E-state index in [1.165, 1.54) is 6.20 Å². The Labute approximate surface area is 108 Å². The molecule has 1 aromatic carbocycles. The topological polar surface area (TPSA) is 58.1 Å². The molecular formula is C12H9ClN4O. The fourth-order valence-electron chi connectivity index (χ4n) is 1.92. The van der Waals surface area contributed by atoms with Gasteiger partial charge in [-0.2, -0.15) is 0 Å². The number of carbonyl (C=O) groups excluding carboxylic acids is 1. The lowest BCUT2D eigenvalue weighted by atomic mass is 10.2. The van der Waals surface area contributed by atoms with Crippen LogP contribution in [0.1, 0.15) is 0 Å². The Hall–Kier alpha value is -2.14. The zero-order chi connectivity index (χ0) is 12.5. The summed E-state index contributed by atoms with van der Waals surface area (Å²) in [5.41, 5.74) is 1.61. The molecule has 90 valence electrons. The minimum absolute atomic E-state index is 0.101. The van der Waals surface area contributed by atoms with Crippen molar-refractivity contribution < 1.29 is 4.79 Å². The van der Waals surface area contributed by atoms with Gasteiger partial charge in [0.25, 0.3) is 0 Å². The second-order valence-electron chi connectivity index (χ2n) is 3.82. The van der Waals surface area contributed by atoms with Gasteiger partial charge in [-0.25, -0.2) is 9.97 Å². The quantitative estimate of drug-likeness (QED) is 0.854. The average Bonchev–Trinajstić information content (AvgIpc) is 2.38. The molecule has 18 heavy (non-hydrogen) atoms. The molecule has 5 nitrogen and oxygen atoms in total. The molecule has 1 N–H and O–H groups in total. The number of para-hydroxylation sites is 2. The highest BCUT2D eigenvalue weighted by Crippen LogP contribution is 2.35. The van der Waals surface area contributed by atoms with E-state index in [4.69, 9.17) is 11.6 Å². The van der Waals surface area contributed by atoms with Gasteiger partial charge >= 0.3 is 0 Å². The molecule has 0 radical (unpaired) electrons. The van der Waals surface area contributed by atoms with E-state index in [0.29, 0.717) is 5.82 Å². The van der Waals surface area contributed by atoms with Gasteiger partial charge in [0, 0.05) is 12.4 Å². The van der Waals surface area contributed by atoms with Crippen molar-refractivity contribution >= 4 is 34.7 Å². The summed E-state index contributed by atoms with van der Waals surface area (Å²) in [7, 11) is 0. The van der Waals surface area contributed by atoms with Crippen molar-refractivity contribution in [2.45, 2.75) is 0 Å². The summed E-state index contributed by atoms with van der Waals surface area (Å²) < 4.78 is 0. The maximum Gasteiger partial charge on any atom is 0.244 e. The van der Waals surface area contributed by atoms with Crippen molar-refractivity contribution in [3.63, 3.8) is 0 Å². The number of carbonyl (C=O) groups is 1. The Morgan fingerprint density at radius 3 is 2.83 bits per heavy atom. The predicted octanol–water partition coefficient (Wildman–Crippen LogP) is 2.22. The normalized spacial score (nSPS) is 14.1. The first kappa shape index (κ1) is 11.0. The van der Waals surface area contributed by atoms with Crippen LogP contribution in [0, 0.1) is 0 Å². The van der Waals surface area contributed by atoms with Crippen LogP contribution in [0.25, 0.3) is 0 Å². The molecule has 0 spiro atoms. The number of nitrogens with zero attached hydrogens (tertiary/aromatic N) is 3. The van der Waals surface area contributed by atoms with Gasteiger partial charge in [0.15, 0.2) is 11.0 Å². The lowest BCUT2D eigenvalue weighted by molar-refractivity contribution is -0.115. The van der Waals surface area contributed by atoms with Crippen LogP contribution in [0.2, 0.25) is 5.15 Å². The van der Waals surface area contributed by atoms with Crippen molar-refractivity contribution in [1.82, 2.24) is 9.97 Å².